The number of anilines is 1. The highest BCUT2D eigenvalue weighted by Gasteiger charge is 2.34. The number of ether oxygens (including phenoxy) is 3. The normalized spacial score (nSPS) is 18.0. The molecule has 1 unspecified atom stereocenters. The molecular formula is C23H29N2O5+. The number of nitrogens with one attached hydrogen (secondary N) is 2. The van der Waals surface area contributed by atoms with Gasteiger partial charge in [0.25, 0.3) is 5.91 Å². The van der Waals surface area contributed by atoms with Crippen LogP contribution >= 0.6 is 0 Å². The van der Waals surface area contributed by atoms with Crippen LogP contribution in [0.1, 0.15) is 41.7 Å². The molecule has 0 saturated carbocycles. The molecule has 0 radical (unpaired) electrons. The van der Waals surface area contributed by atoms with Crippen molar-refractivity contribution < 1.29 is 28.7 Å². The summed E-state index contributed by atoms with van der Waals surface area (Å²) in [6.07, 6.45) is 2.01. The van der Waals surface area contributed by atoms with Crippen molar-refractivity contribution in [2.24, 2.45) is 0 Å². The van der Waals surface area contributed by atoms with E-state index >= 15 is 0 Å². The number of benzene rings is 2. The summed E-state index contributed by atoms with van der Waals surface area (Å²) in [4.78, 5) is 26.1. The first-order chi connectivity index (χ1) is 14.6. The molecule has 2 aromatic carbocycles. The van der Waals surface area contributed by atoms with Crippen LogP contribution < -0.4 is 19.7 Å². The molecule has 1 amide bonds. The van der Waals surface area contributed by atoms with Gasteiger partial charge >= 0.3 is 5.97 Å². The molecule has 7 nitrogen and oxygen atoms in total. The molecule has 1 aliphatic rings. The van der Waals surface area contributed by atoms with Crippen molar-refractivity contribution in [2.45, 2.75) is 25.8 Å². The molecule has 0 aliphatic carbocycles. The number of quaternary nitrogens is 1. The van der Waals surface area contributed by atoms with E-state index in [2.05, 4.69) is 5.32 Å². The Hall–Kier alpha value is -3.06. The first-order valence-electron chi connectivity index (χ1n) is 10.2. The zero-order chi connectivity index (χ0) is 21.5. The fourth-order valence-corrected chi connectivity index (χ4v) is 3.98. The van der Waals surface area contributed by atoms with E-state index in [0.29, 0.717) is 17.8 Å². The molecule has 2 atom stereocenters. The third-order valence-electron chi connectivity index (χ3n) is 5.38. The van der Waals surface area contributed by atoms with E-state index in [0.717, 1.165) is 36.4 Å². The number of likely N-dealkylation sites (tertiary alicyclic amines) is 1. The summed E-state index contributed by atoms with van der Waals surface area (Å²) >= 11 is 0. The predicted molar refractivity (Wildman–Crippen MR) is 113 cm³/mol. The van der Waals surface area contributed by atoms with Gasteiger partial charge in [0.05, 0.1) is 44.2 Å². The molecule has 1 fully saturated rings. The number of amides is 1. The molecule has 30 heavy (non-hydrogen) atoms. The Morgan fingerprint density at radius 1 is 1.13 bits per heavy atom. The molecule has 160 valence electrons. The number of methoxy groups -OCH3 is 2. The van der Waals surface area contributed by atoms with Gasteiger partial charge in [0.1, 0.15) is 17.5 Å². The van der Waals surface area contributed by atoms with E-state index in [1.807, 2.05) is 18.2 Å². The Morgan fingerprint density at radius 2 is 1.93 bits per heavy atom. The average molecular weight is 413 g/mol. The van der Waals surface area contributed by atoms with E-state index in [9.17, 15) is 9.59 Å². The molecule has 0 aromatic heterocycles. The van der Waals surface area contributed by atoms with Gasteiger partial charge in [-0.1, -0.05) is 12.1 Å². The molecule has 3 rings (SSSR count). The van der Waals surface area contributed by atoms with Crippen molar-refractivity contribution in [3.8, 4) is 11.5 Å². The Morgan fingerprint density at radius 3 is 2.67 bits per heavy atom. The van der Waals surface area contributed by atoms with Crippen LogP contribution in [0.5, 0.6) is 11.5 Å². The van der Waals surface area contributed by atoms with Gasteiger partial charge in [0, 0.05) is 18.9 Å². The number of para-hydroxylation sites is 1. The van der Waals surface area contributed by atoms with Gasteiger partial charge in [-0.25, -0.2) is 4.79 Å². The van der Waals surface area contributed by atoms with Crippen molar-refractivity contribution in [1.82, 2.24) is 0 Å². The lowest BCUT2D eigenvalue weighted by Gasteiger charge is -2.23. The Kier molecular flexibility index (Phi) is 7.30. The summed E-state index contributed by atoms with van der Waals surface area (Å²) in [5.41, 5.74) is 1.90. The summed E-state index contributed by atoms with van der Waals surface area (Å²) in [5.74, 6) is 0.930. The number of hydrogen-bond acceptors (Lipinski definition) is 5. The molecule has 0 spiro atoms. The van der Waals surface area contributed by atoms with Gasteiger partial charge in [-0.15, -0.1) is 0 Å². The summed E-state index contributed by atoms with van der Waals surface area (Å²) in [6.45, 7) is 3.23. The van der Waals surface area contributed by atoms with Gasteiger partial charge in [-0.3, -0.25) is 4.79 Å². The summed E-state index contributed by atoms with van der Waals surface area (Å²) < 4.78 is 15.9. The Balaban J connectivity index is 1.72. The zero-order valence-corrected chi connectivity index (χ0v) is 17.7. The highest BCUT2D eigenvalue weighted by atomic mass is 16.5. The number of esters is 1. The van der Waals surface area contributed by atoms with E-state index in [4.69, 9.17) is 14.2 Å². The van der Waals surface area contributed by atoms with E-state index in [1.54, 1.807) is 45.4 Å². The third-order valence-corrected chi connectivity index (χ3v) is 5.38. The second-order valence-corrected chi connectivity index (χ2v) is 7.20. The van der Waals surface area contributed by atoms with Crippen LogP contribution in [0, 0.1) is 0 Å². The van der Waals surface area contributed by atoms with Crippen LogP contribution in [-0.4, -0.2) is 45.8 Å². The molecule has 1 heterocycles. The summed E-state index contributed by atoms with van der Waals surface area (Å²) in [6, 6.07) is 12.9. The maximum Gasteiger partial charge on any atom is 0.340 e. The fourth-order valence-electron chi connectivity index (χ4n) is 3.98. The van der Waals surface area contributed by atoms with Gasteiger partial charge in [-0.2, -0.15) is 0 Å². The van der Waals surface area contributed by atoms with Crippen LogP contribution in [0.15, 0.2) is 42.5 Å². The first-order valence-corrected chi connectivity index (χ1v) is 10.2. The largest absolute Gasteiger partial charge is 0.497 e. The lowest BCUT2D eigenvalue weighted by atomic mass is 10.0. The quantitative estimate of drug-likeness (QED) is 0.649. The van der Waals surface area contributed by atoms with Gasteiger partial charge in [0.2, 0.25) is 0 Å². The standard InChI is InChI=1S/C23H28N2O5/c1-4-30-23(27)17-8-5-6-9-19(17)24-22(26)15-25-13-7-10-20(25)18-12-11-16(28-2)14-21(18)29-3/h5-6,8-9,11-12,14,20H,4,7,10,13,15H2,1-3H3,(H,24,26)/p+1/t20-/m0/s1. The van der Waals surface area contributed by atoms with Crippen LogP contribution in [0.2, 0.25) is 0 Å². The second kappa shape index (κ2) is 10.1. The minimum Gasteiger partial charge on any atom is -0.497 e. The van der Waals surface area contributed by atoms with Crippen molar-refractivity contribution >= 4 is 17.6 Å². The Labute approximate surface area is 176 Å². The Bertz CT molecular complexity index is 899. The van der Waals surface area contributed by atoms with Crippen LogP contribution in [-0.2, 0) is 9.53 Å². The topological polar surface area (TPSA) is 78.3 Å². The fraction of sp³-hybridized carbons (Fsp3) is 0.391. The highest BCUT2D eigenvalue weighted by molar-refractivity contribution is 6.01. The van der Waals surface area contributed by atoms with E-state index < -0.39 is 5.97 Å². The number of carbonyl (C=O) groups is 2. The van der Waals surface area contributed by atoms with Crippen molar-refractivity contribution in [3.63, 3.8) is 0 Å². The highest BCUT2D eigenvalue weighted by Crippen LogP contribution is 2.31. The number of carbonyl (C=O) groups excluding carboxylic acids is 2. The second-order valence-electron chi connectivity index (χ2n) is 7.20. The first kappa shape index (κ1) is 21.6. The number of hydrogen-bond donors (Lipinski definition) is 2. The van der Waals surface area contributed by atoms with E-state index in [1.165, 1.54) is 4.90 Å². The van der Waals surface area contributed by atoms with Crippen molar-refractivity contribution in [2.75, 3.05) is 39.2 Å². The van der Waals surface area contributed by atoms with Gasteiger partial charge < -0.3 is 24.4 Å². The molecule has 1 saturated heterocycles. The minimum atomic E-state index is -0.442. The minimum absolute atomic E-state index is 0.138. The SMILES string of the molecule is CCOC(=O)c1ccccc1NC(=O)C[NH+]1CCC[C@H]1c1ccc(OC)cc1OC. The van der Waals surface area contributed by atoms with Crippen molar-refractivity contribution in [3.05, 3.63) is 53.6 Å². The van der Waals surface area contributed by atoms with Crippen LogP contribution in [0.3, 0.4) is 0 Å². The lowest BCUT2D eigenvalue weighted by molar-refractivity contribution is -0.910. The maximum atomic E-state index is 12.8. The average Bonchev–Trinajstić information content (AvgIpc) is 3.21. The summed E-state index contributed by atoms with van der Waals surface area (Å²) in [7, 11) is 3.27. The van der Waals surface area contributed by atoms with Gasteiger partial charge in [0.15, 0.2) is 6.54 Å². The predicted octanol–water partition coefficient (Wildman–Crippen LogP) is 2.24. The molecule has 7 heteroatoms. The van der Waals surface area contributed by atoms with E-state index in [-0.39, 0.29) is 18.6 Å². The maximum absolute atomic E-state index is 12.8. The monoisotopic (exact) mass is 413 g/mol. The summed E-state index contributed by atoms with van der Waals surface area (Å²) in [5, 5.41) is 2.88. The lowest BCUT2D eigenvalue weighted by Crippen LogP contribution is -3.11. The van der Waals surface area contributed by atoms with Crippen molar-refractivity contribution in [1.29, 1.82) is 0 Å². The molecule has 2 N–H and O–H groups in total. The van der Waals surface area contributed by atoms with Crippen LogP contribution in [0.4, 0.5) is 5.69 Å². The van der Waals surface area contributed by atoms with Crippen LogP contribution in [0.25, 0.3) is 0 Å². The zero-order valence-electron chi connectivity index (χ0n) is 17.7. The van der Waals surface area contributed by atoms with Gasteiger partial charge in [-0.05, 0) is 31.2 Å². The smallest absolute Gasteiger partial charge is 0.340 e. The molecule has 1 aliphatic heterocycles. The third kappa shape index (κ3) is 4.91. The molecule has 2 aromatic rings. The molecular weight excluding hydrogens is 384 g/mol. The molecule has 0 bridgehead atoms. The number of rotatable bonds is 8.